The van der Waals surface area contributed by atoms with Crippen molar-refractivity contribution in [3.8, 4) is 0 Å². The van der Waals surface area contributed by atoms with Gasteiger partial charge in [-0.15, -0.1) is 0 Å². The van der Waals surface area contributed by atoms with Crippen molar-refractivity contribution < 1.29 is 19.3 Å². The zero-order valence-electron chi connectivity index (χ0n) is 17.2. The van der Waals surface area contributed by atoms with Gasteiger partial charge in [-0.3, -0.25) is 24.5 Å². The van der Waals surface area contributed by atoms with E-state index in [1.165, 1.54) is 30.5 Å². The number of carbonyl (C=O) groups is 3. The maximum absolute atomic E-state index is 12.7. The Balaban J connectivity index is 1.59. The number of anilines is 1. The van der Waals surface area contributed by atoms with Crippen LogP contribution in [-0.2, 0) is 9.59 Å². The molecule has 166 valence electrons. The molecule has 0 unspecified atom stereocenters. The van der Waals surface area contributed by atoms with E-state index in [0.717, 1.165) is 32.1 Å². The van der Waals surface area contributed by atoms with Gasteiger partial charge < -0.3 is 10.6 Å². The Bertz CT molecular complexity index is 1050. The molecule has 2 aromatic rings. The zero-order valence-corrected chi connectivity index (χ0v) is 17.2. The Morgan fingerprint density at radius 2 is 1.75 bits per heavy atom. The molecule has 1 aliphatic rings. The van der Waals surface area contributed by atoms with E-state index < -0.39 is 16.7 Å². The largest absolute Gasteiger partial charge is 0.349 e. The van der Waals surface area contributed by atoms with Gasteiger partial charge in [-0.05, 0) is 25.0 Å². The van der Waals surface area contributed by atoms with Crippen molar-refractivity contribution in [1.82, 2.24) is 10.7 Å². The lowest BCUT2D eigenvalue weighted by Crippen LogP contribution is -2.37. The molecule has 0 saturated heterocycles. The van der Waals surface area contributed by atoms with E-state index in [-0.39, 0.29) is 28.9 Å². The Hall–Kier alpha value is -4.08. The van der Waals surface area contributed by atoms with Gasteiger partial charge in [0.15, 0.2) is 0 Å². The molecule has 1 fully saturated rings. The molecule has 0 bridgehead atoms. The molecular formula is C22H23N5O5. The van der Waals surface area contributed by atoms with Gasteiger partial charge in [0.25, 0.3) is 11.6 Å². The summed E-state index contributed by atoms with van der Waals surface area (Å²) in [6.07, 6.45) is 6.33. The lowest BCUT2D eigenvalue weighted by atomic mass is 9.95. The summed E-state index contributed by atoms with van der Waals surface area (Å²) in [6, 6.07) is 12.2. The number of para-hydroxylation sites is 1. The molecule has 2 aromatic carbocycles. The van der Waals surface area contributed by atoms with Gasteiger partial charge in [0, 0.05) is 23.7 Å². The Kier molecular flexibility index (Phi) is 7.63. The van der Waals surface area contributed by atoms with Crippen molar-refractivity contribution in [3.63, 3.8) is 0 Å². The third-order valence-electron chi connectivity index (χ3n) is 5.03. The summed E-state index contributed by atoms with van der Waals surface area (Å²) in [5.74, 6) is -2.36. The average Bonchev–Trinajstić information content (AvgIpc) is 2.80. The van der Waals surface area contributed by atoms with Crippen LogP contribution in [0.2, 0.25) is 0 Å². The summed E-state index contributed by atoms with van der Waals surface area (Å²) in [7, 11) is 0. The summed E-state index contributed by atoms with van der Waals surface area (Å²) in [4.78, 5) is 47.2. The minimum absolute atomic E-state index is 0.103. The van der Waals surface area contributed by atoms with Crippen LogP contribution < -0.4 is 16.1 Å². The Morgan fingerprint density at radius 1 is 1.00 bits per heavy atom. The highest BCUT2D eigenvalue weighted by Gasteiger charge is 2.20. The molecule has 1 saturated carbocycles. The third-order valence-corrected chi connectivity index (χ3v) is 5.03. The molecule has 3 rings (SSSR count). The van der Waals surface area contributed by atoms with E-state index in [2.05, 4.69) is 21.2 Å². The molecule has 0 aromatic heterocycles. The van der Waals surface area contributed by atoms with Crippen molar-refractivity contribution in [2.75, 3.05) is 5.32 Å². The fraction of sp³-hybridized carbons (Fsp3) is 0.273. The second-order valence-electron chi connectivity index (χ2n) is 7.36. The lowest BCUT2D eigenvalue weighted by molar-refractivity contribution is -0.384. The minimum atomic E-state index is -1.05. The first-order chi connectivity index (χ1) is 15.4. The molecule has 32 heavy (non-hydrogen) atoms. The number of benzene rings is 2. The van der Waals surface area contributed by atoms with Crippen LogP contribution in [0.5, 0.6) is 0 Å². The number of hydrogen-bond donors (Lipinski definition) is 3. The van der Waals surface area contributed by atoms with Gasteiger partial charge in [-0.25, -0.2) is 5.43 Å². The first-order valence-electron chi connectivity index (χ1n) is 10.2. The number of hydrogen-bond acceptors (Lipinski definition) is 6. The number of nitro benzene ring substituents is 1. The SMILES string of the molecule is O=C(N/N=C\c1cccc([N+](=O)[O-])c1)C(=O)Nc1ccccc1C(=O)NC1CCCCC1. The van der Waals surface area contributed by atoms with Gasteiger partial charge in [0.1, 0.15) is 0 Å². The molecule has 0 aliphatic heterocycles. The third kappa shape index (κ3) is 6.21. The number of amides is 3. The van der Waals surface area contributed by atoms with Crippen molar-refractivity contribution in [1.29, 1.82) is 0 Å². The topological polar surface area (TPSA) is 143 Å². The van der Waals surface area contributed by atoms with Gasteiger partial charge in [-0.1, -0.05) is 43.5 Å². The molecule has 10 heteroatoms. The van der Waals surface area contributed by atoms with Gasteiger partial charge in [0.2, 0.25) is 0 Å². The second-order valence-corrected chi connectivity index (χ2v) is 7.36. The van der Waals surface area contributed by atoms with E-state index in [9.17, 15) is 24.5 Å². The van der Waals surface area contributed by atoms with Crippen molar-refractivity contribution in [2.45, 2.75) is 38.1 Å². The van der Waals surface area contributed by atoms with Crippen LogP contribution in [0.4, 0.5) is 11.4 Å². The van der Waals surface area contributed by atoms with Crippen LogP contribution in [0.15, 0.2) is 53.6 Å². The van der Waals surface area contributed by atoms with Crippen molar-refractivity contribution in [2.24, 2.45) is 5.10 Å². The van der Waals surface area contributed by atoms with E-state index >= 15 is 0 Å². The first-order valence-corrected chi connectivity index (χ1v) is 10.2. The van der Waals surface area contributed by atoms with Crippen LogP contribution in [0.3, 0.4) is 0 Å². The van der Waals surface area contributed by atoms with Crippen LogP contribution in [0, 0.1) is 10.1 Å². The monoisotopic (exact) mass is 437 g/mol. The molecule has 0 atom stereocenters. The fourth-order valence-electron chi connectivity index (χ4n) is 3.41. The quantitative estimate of drug-likeness (QED) is 0.276. The fourth-order valence-corrected chi connectivity index (χ4v) is 3.41. The molecule has 0 spiro atoms. The number of hydrazone groups is 1. The predicted octanol–water partition coefficient (Wildman–Crippen LogP) is 2.75. The standard InChI is InChI=1S/C22H23N5O5/c28-20(24-16-8-2-1-3-9-16)18-11-4-5-12-19(18)25-21(29)22(30)26-23-14-15-7-6-10-17(13-15)27(31)32/h4-7,10-14,16H,1-3,8-9H2,(H,24,28)(H,25,29)(H,26,30)/b23-14-. The number of nitrogens with one attached hydrogen (secondary N) is 3. The molecule has 10 nitrogen and oxygen atoms in total. The summed E-state index contributed by atoms with van der Waals surface area (Å²) >= 11 is 0. The average molecular weight is 437 g/mol. The van der Waals surface area contributed by atoms with Gasteiger partial charge >= 0.3 is 11.8 Å². The van der Waals surface area contributed by atoms with Crippen LogP contribution in [0.1, 0.15) is 48.0 Å². The molecule has 0 radical (unpaired) electrons. The van der Waals surface area contributed by atoms with E-state index in [1.54, 1.807) is 24.3 Å². The normalized spacial score (nSPS) is 14.0. The van der Waals surface area contributed by atoms with Crippen LogP contribution in [-0.4, -0.2) is 34.9 Å². The molecular weight excluding hydrogens is 414 g/mol. The minimum Gasteiger partial charge on any atom is -0.349 e. The number of rotatable bonds is 6. The lowest BCUT2D eigenvalue weighted by Gasteiger charge is -2.23. The van der Waals surface area contributed by atoms with Crippen molar-refractivity contribution in [3.05, 3.63) is 69.8 Å². The summed E-state index contributed by atoms with van der Waals surface area (Å²) in [5.41, 5.74) is 2.79. The smallest absolute Gasteiger partial charge is 0.329 e. The van der Waals surface area contributed by atoms with Crippen LogP contribution in [0.25, 0.3) is 0 Å². The number of nitro groups is 1. The molecule has 1 aliphatic carbocycles. The predicted molar refractivity (Wildman–Crippen MR) is 118 cm³/mol. The second kappa shape index (κ2) is 10.8. The highest BCUT2D eigenvalue weighted by molar-refractivity contribution is 6.40. The van der Waals surface area contributed by atoms with Gasteiger partial charge in [0.05, 0.1) is 22.4 Å². The van der Waals surface area contributed by atoms with Crippen molar-refractivity contribution >= 4 is 35.3 Å². The van der Waals surface area contributed by atoms with Crippen LogP contribution >= 0.6 is 0 Å². The molecule has 3 N–H and O–H groups in total. The summed E-state index contributed by atoms with van der Waals surface area (Å²) in [6.45, 7) is 0. The Morgan fingerprint density at radius 3 is 2.50 bits per heavy atom. The maximum atomic E-state index is 12.7. The number of carbonyl (C=O) groups excluding carboxylic acids is 3. The highest BCUT2D eigenvalue weighted by atomic mass is 16.6. The zero-order chi connectivity index (χ0) is 22.9. The molecule has 0 heterocycles. The maximum Gasteiger partial charge on any atom is 0.329 e. The van der Waals surface area contributed by atoms with E-state index in [1.807, 2.05) is 0 Å². The molecule has 3 amide bonds. The summed E-state index contributed by atoms with van der Waals surface area (Å²) < 4.78 is 0. The van der Waals surface area contributed by atoms with Gasteiger partial charge in [-0.2, -0.15) is 5.10 Å². The first kappa shape index (κ1) is 22.6. The van der Waals surface area contributed by atoms with E-state index in [0.29, 0.717) is 5.56 Å². The highest BCUT2D eigenvalue weighted by Crippen LogP contribution is 2.20. The Labute approximate surface area is 184 Å². The number of non-ortho nitro benzene ring substituents is 1. The number of nitrogens with zero attached hydrogens (tertiary/aromatic N) is 2. The van der Waals surface area contributed by atoms with E-state index in [4.69, 9.17) is 0 Å². The summed E-state index contributed by atoms with van der Waals surface area (Å²) in [5, 5.41) is 19.9.